The molecule has 1 atom stereocenters. The third-order valence-electron chi connectivity index (χ3n) is 3.71. The second-order valence-corrected chi connectivity index (χ2v) is 5.24. The molecule has 0 amide bonds. The Kier molecular flexibility index (Phi) is 6.18. The highest BCUT2D eigenvalue weighted by atomic mass is 16.5. The zero-order chi connectivity index (χ0) is 13.3. The predicted molar refractivity (Wildman–Crippen MR) is 77.7 cm³/mol. The molecular weight excluding hydrogens is 238 g/mol. The smallest absolute Gasteiger partial charge is 0.119 e. The van der Waals surface area contributed by atoms with Crippen LogP contribution in [-0.4, -0.2) is 33.4 Å². The lowest BCUT2D eigenvalue weighted by Gasteiger charge is -2.22. The van der Waals surface area contributed by atoms with E-state index in [1.165, 1.54) is 24.9 Å². The van der Waals surface area contributed by atoms with E-state index in [0.29, 0.717) is 0 Å². The SMILES string of the molecule is COCCc1ccc(OCC[C@@H]2CCCNC2)cc1. The Hall–Kier alpha value is -1.06. The van der Waals surface area contributed by atoms with E-state index in [2.05, 4.69) is 29.6 Å². The van der Waals surface area contributed by atoms with Crippen LogP contribution in [0.4, 0.5) is 0 Å². The van der Waals surface area contributed by atoms with Crippen molar-refractivity contribution in [3.05, 3.63) is 29.8 Å². The minimum Gasteiger partial charge on any atom is -0.494 e. The second kappa shape index (κ2) is 8.18. The molecule has 0 aliphatic carbocycles. The number of ether oxygens (including phenoxy) is 2. The van der Waals surface area contributed by atoms with Gasteiger partial charge in [-0.25, -0.2) is 0 Å². The summed E-state index contributed by atoms with van der Waals surface area (Å²) in [6.45, 7) is 3.93. The van der Waals surface area contributed by atoms with Crippen LogP contribution >= 0.6 is 0 Å². The first-order valence-electron chi connectivity index (χ1n) is 7.30. The molecule has 19 heavy (non-hydrogen) atoms. The highest BCUT2D eigenvalue weighted by molar-refractivity contribution is 5.27. The van der Waals surface area contributed by atoms with Crippen molar-refractivity contribution in [3.8, 4) is 5.75 Å². The number of piperidine rings is 1. The Morgan fingerprint density at radius 1 is 1.21 bits per heavy atom. The van der Waals surface area contributed by atoms with Gasteiger partial charge in [-0.05, 0) is 62.4 Å². The van der Waals surface area contributed by atoms with Gasteiger partial charge in [-0.15, -0.1) is 0 Å². The molecule has 1 N–H and O–H groups in total. The maximum Gasteiger partial charge on any atom is 0.119 e. The normalized spacial score (nSPS) is 19.3. The van der Waals surface area contributed by atoms with Gasteiger partial charge in [-0.3, -0.25) is 0 Å². The number of hydrogen-bond donors (Lipinski definition) is 1. The zero-order valence-electron chi connectivity index (χ0n) is 11.9. The Morgan fingerprint density at radius 3 is 2.74 bits per heavy atom. The van der Waals surface area contributed by atoms with Gasteiger partial charge in [0.05, 0.1) is 13.2 Å². The minimum atomic E-state index is 0.773. The summed E-state index contributed by atoms with van der Waals surface area (Å²) in [5.41, 5.74) is 1.30. The Labute approximate surface area is 116 Å². The van der Waals surface area contributed by atoms with Crippen LogP contribution < -0.4 is 10.1 Å². The topological polar surface area (TPSA) is 30.5 Å². The lowest BCUT2D eigenvalue weighted by atomic mass is 9.97. The third-order valence-corrected chi connectivity index (χ3v) is 3.71. The molecule has 3 heteroatoms. The summed E-state index contributed by atoms with van der Waals surface area (Å²) in [6, 6.07) is 8.36. The first kappa shape index (κ1) is 14.4. The molecule has 0 saturated carbocycles. The van der Waals surface area contributed by atoms with Crippen LogP contribution in [0.1, 0.15) is 24.8 Å². The highest BCUT2D eigenvalue weighted by Gasteiger charge is 2.12. The van der Waals surface area contributed by atoms with Crippen LogP contribution in [0.2, 0.25) is 0 Å². The number of benzene rings is 1. The lowest BCUT2D eigenvalue weighted by Crippen LogP contribution is -2.30. The number of hydrogen-bond acceptors (Lipinski definition) is 3. The fraction of sp³-hybridized carbons (Fsp3) is 0.625. The minimum absolute atomic E-state index is 0.773. The molecule has 0 unspecified atom stereocenters. The van der Waals surface area contributed by atoms with E-state index in [9.17, 15) is 0 Å². The summed E-state index contributed by atoms with van der Waals surface area (Å²) in [4.78, 5) is 0. The van der Waals surface area contributed by atoms with E-state index in [4.69, 9.17) is 9.47 Å². The van der Waals surface area contributed by atoms with Gasteiger partial charge in [0, 0.05) is 7.11 Å². The summed E-state index contributed by atoms with van der Waals surface area (Å²) >= 11 is 0. The molecule has 106 valence electrons. The fourth-order valence-corrected chi connectivity index (χ4v) is 2.49. The molecule has 1 fully saturated rings. The van der Waals surface area contributed by atoms with Gasteiger partial charge in [0.15, 0.2) is 0 Å². The van der Waals surface area contributed by atoms with E-state index < -0.39 is 0 Å². The van der Waals surface area contributed by atoms with Crippen molar-refractivity contribution < 1.29 is 9.47 Å². The summed E-state index contributed by atoms with van der Waals surface area (Å²) in [7, 11) is 1.73. The first-order valence-corrected chi connectivity index (χ1v) is 7.30. The Bertz CT molecular complexity index is 344. The van der Waals surface area contributed by atoms with Crippen LogP contribution in [0.3, 0.4) is 0 Å². The third kappa shape index (κ3) is 5.21. The van der Waals surface area contributed by atoms with Crippen LogP contribution in [0.25, 0.3) is 0 Å². The number of methoxy groups -OCH3 is 1. The van der Waals surface area contributed by atoms with Crippen molar-refractivity contribution in [3.63, 3.8) is 0 Å². The van der Waals surface area contributed by atoms with Crippen molar-refractivity contribution in [1.82, 2.24) is 5.32 Å². The monoisotopic (exact) mass is 263 g/mol. The quantitative estimate of drug-likeness (QED) is 0.820. The van der Waals surface area contributed by atoms with Gasteiger partial charge in [0.1, 0.15) is 5.75 Å². The van der Waals surface area contributed by atoms with Crippen molar-refractivity contribution in [2.45, 2.75) is 25.7 Å². The Morgan fingerprint density at radius 2 is 2.05 bits per heavy atom. The van der Waals surface area contributed by atoms with Gasteiger partial charge in [-0.2, -0.15) is 0 Å². The summed E-state index contributed by atoms with van der Waals surface area (Å²) in [5, 5.41) is 3.44. The molecule has 3 nitrogen and oxygen atoms in total. The molecule has 0 bridgehead atoms. The summed E-state index contributed by atoms with van der Waals surface area (Å²) in [5.74, 6) is 1.76. The largest absolute Gasteiger partial charge is 0.494 e. The van der Waals surface area contributed by atoms with Crippen molar-refractivity contribution in [2.75, 3.05) is 33.4 Å². The molecule has 0 aromatic heterocycles. The van der Waals surface area contributed by atoms with Gasteiger partial charge in [0.25, 0.3) is 0 Å². The number of rotatable bonds is 7. The first-order chi connectivity index (χ1) is 9.38. The van der Waals surface area contributed by atoms with Crippen LogP contribution in [0.15, 0.2) is 24.3 Å². The molecular formula is C16H25NO2. The summed E-state index contributed by atoms with van der Waals surface area (Å²) in [6.07, 6.45) is 4.76. The average Bonchev–Trinajstić information content (AvgIpc) is 2.47. The van der Waals surface area contributed by atoms with E-state index in [1.807, 2.05) is 0 Å². The lowest BCUT2D eigenvalue weighted by molar-refractivity contribution is 0.202. The highest BCUT2D eigenvalue weighted by Crippen LogP contribution is 2.16. The van der Waals surface area contributed by atoms with Crippen molar-refractivity contribution in [1.29, 1.82) is 0 Å². The van der Waals surface area contributed by atoms with E-state index in [0.717, 1.165) is 44.3 Å². The van der Waals surface area contributed by atoms with E-state index in [-0.39, 0.29) is 0 Å². The zero-order valence-corrected chi connectivity index (χ0v) is 11.9. The molecule has 1 heterocycles. The van der Waals surface area contributed by atoms with Gasteiger partial charge < -0.3 is 14.8 Å². The van der Waals surface area contributed by atoms with Crippen molar-refractivity contribution in [2.24, 2.45) is 5.92 Å². The van der Waals surface area contributed by atoms with Gasteiger partial charge >= 0.3 is 0 Å². The molecule has 0 radical (unpaired) electrons. The average molecular weight is 263 g/mol. The van der Waals surface area contributed by atoms with E-state index >= 15 is 0 Å². The van der Waals surface area contributed by atoms with Gasteiger partial charge in [-0.1, -0.05) is 12.1 Å². The predicted octanol–water partition coefficient (Wildman–Crippen LogP) is 2.64. The number of nitrogens with one attached hydrogen (secondary N) is 1. The van der Waals surface area contributed by atoms with Crippen LogP contribution in [0, 0.1) is 5.92 Å². The summed E-state index contributed by atoms with van der Waals surface area (Å²) < 4.78 is 10.9. The molecule has 1 aromatic carbocycles. The molecule has 1 aromatic rings. The molecule has 0 spiro atoms. The van der Waals surface area contributed by atoms with Crippen LogP contribution in [-0.2, 0) is 11.2 Å². The molecule has 1 aliphatic heterocycles. The fourth-order valence-electron chi connectivity index (χ4n) is 2.49. The van der Waals surface area contributed by atoms with Crippen LogP contribution in [0.5, 0.6) is 5.75 Å². The second-order valence-electron chi connectivity index (χ2n) is 5.24. The maximum atomic E-state index is 5.81. The molecule has 2 rings (SSSR count). The molecule has 1 saturated heterocycles. The standard InChI is InChI=1S/C16H25NO2/c1-18-11-8-14-4-6-16(7-5-14)19-12-9-15-3-2-10-17-13-15/h4-7,15,17H,2-3,8-13H2,1H3/t15-/m0/s1. The van der Waals surface area contributed by atoms with E-state index in [1.54, 1.807) is 7.11 Å². The Balaban J connectivity index is 1.67. The molecule has 1 aliphatic rings. The van der Waals surface area contributed by atoms with Crippen molar-refractivity contribution >= 4 is 0 Å². The maximum absolute atomic E-state index is 5.81. The van der Waals surface area contributed by atoms with Gasteiger partial charge in [0.2, 0.25) is 0 Å².